The first kappa shape index (κ1) is 35.3. The molecule has 1 aliphatic carbocycles. The molecule has 0 amide bonds. The number of hydrogen-bond donors (Lipinski definition) is 2. The number of nitrogens with zero attached hydrogens (tertiary/aromatic N) is 4. The Morgan fingerprint density at radius 1 is 1.16 bits per heavy atom. The molecule has 6 rings (SSSR count). The van der Waals surface area contributed by atoms with E-state index in [1.807, 2.05) is 30.5 Å². The molecule has 2 aromatic heterocycles. The van der Waals surface area contributed by atoms with Crippen molar-refractivity contribution in [3.05, 3.63) is 103 Å². The molecule has 1 aliphatic heterocycles. The van der Waals surface area contributed by atoms with Crippen LogP contribution in [-0.2, 0) is 13.0 Å². The third-order valence-electron chi connectivity index (χ3n) is 9.72. The van der Waals surface area contributed by atoms with Gasteiger partial charge in [0.1, 0.15) is 24.0 Å². The van der Waals surface area contributed by atoms with Gasteiger partial charge in [0.25, 0.3) is 0 Å². The van der Waals surface area contributed by atoms with Crippen molar-refractivity contribution in [2.24, 2.45) is 16.6 Å². The zero-order valence-corrected chi connectivity index (χ0v) is 30.2. The molecule has 3 unspecified atom stereocenters. The van der Waals surface area contributed by atoms with Crippen LogP contribution in [-0.4, -0.2) is 54.2 Å². The molecule has 0 bridgehead atoms. The monoisotopic (exact) mass is 700 g/mol. The van der Waals surface area contributed by atoms with E-state index in [2.05, 4.69) is 52.7 Å². The summed E-state index contributed by atoms with van der Waals surface area (Å²) >= 11 is 1.49. The summed E-state index contributed by atoms with van der Waals surface area (Å²) < 4.78 is 44.5. The van der Waals surface area contributed by atoms with Crippen LogP contribution >= 0.6 is 11.3 Å². The second-order valence-electron chi connectivity index (χ2n) is 13.3. The summed E-state index contributed by atoms with van der Waals surface area (Å²) in [6, 6.07) is 10.4. The van der Waals surface area contributed by atoms with Gasteiger partial charge in [-0.2, -0.15) is 0 Å². The highest BCUT2D eigenvalue weighted by molar-refractivity contribution is 7.07. The van der Waals surface area contributed by atoms with Crippen molar-refractivity contribution in [1.82, 2.24) is 14.7 Å². The number of thiophene rings is 1. The fraction of sp³-hybridized carbons (Fsp3) is 0.385. The lowest BCUT2D eigenvalue weighted by Gasteiger charge is -2.30. The van der Waals surface area contributed by atoms with Crippen molar-refractivity contribution < 1.29 is 18.3 Å². The first-order chi connectivity index (χ1) is 24.0. The highest BCUT2D eigenvalue weighted by Crippen LogP contribution is 2.37. The van der Waals surface area contributed by atoms with Gasteiger partial charge in [-0.3, -0.25) is 14.6 Å². The Morgan fingerprint density at radius 3 is 2.78 bits per heavy atom. The molecule has 50 heavy (non-hydrogen) atoms. The molecule has 3 atom stereocenters. The van der Waals surface area contributed by atoms with Gasteiger partial charge in [0.05, 0.1) is 24.0 Å². The number of rotatable bonds is 11. The highest BCUT2D eigenvalue weighted by atomic mass is 32.1. The van der Waals surface area contributed by atoms with E-state index < -0.39 is 11.6 Å². The predicted molar refractivity (Wildman–Crippen MR) is 198 cm³/mol. The molecule has 0 saturated carbocycles. The minimum Gasteiger partial charge on any atom is -0.489 e. The second kappa shape index (κ2) is 15.2. The Kier molecular flexibility index (Phi) is 10.7. The zero-order valence-electron chi connectivity index (χ0n) is 29.4. The second-order valence-corrected chi connectivity index (χ2v) is 14.2. The summed E-state index contributed by atoms with van der Waals surface area (Å²) in [6.45, 7) is 8.50. The Bertz CT molecular complexity index is 2050. The van der Waals surface area contributed by atoms with Gasteiger partial charge in [-0.1, -0.05) is 19.1 Å². The van der Waals surface area contributed by atoms with Gasteiger partial charge in [0.15, 0.2) is 0 Å². The van der Waals surface area contributed by atoms with Crippen molar-refractivity contribution in [2.45, 2.75) is 65.1 Å². The Balaban J connectivity index is 1.16. The van der Waals surface area contributed by atoms with Crippen LogP contribution in [0.25, 0.3) is 11.3 Å². The Labute approximate surface area is 296 Å². The van der Waals surface area contributed by atoms with Gasteiger partial charge in [-0.05, 0) is 87.2 Å². The summed E-state index contributed by atoms with van der Waals surface area (Å²) in [4.78, 5) is 6.48. The third kappa shape index (κ3) is 7.34. The standard InChI is InChI=1S/C39H46F2N6O2S/c1-23-16-26-17-28(40)19-31(41)37(26)36(23)39-29(11-15-50-39)38(43)30-18-27(22-44-4)32(42)20-34(30)48-14-9-7-6-8-10-24(2)49-35-21-33-25(3)46(5)12-13-47(33)45-35/h7,9,11,15,17-25H,6,8,10,12-14,16,42-43H2,1-5H3/b9-7+,38-29-,39-36-,44-22?. The smallest absolute Gasteiger partial charge is 0.233 e. The third-order valence-corrected chi connectivity index (χ3v) is 10.7. The number of ether oxygens (including phenoxy) is 2. The number of benzene rings is 2. The van der Waals surface area contributed by atoms with Crippen LogP contribution in [0.4, 0.5) is 14.5 Å². The summed E-state index contributed by atoms with van der Waals surface area (Å²) in [5.41, 5.74) is 18.9. The van der Waals surface area contributed by atoms with Crippen molar-refractivity contribution in [2.75, 3.05) is 33.0 Å². The molecule has 2 aliphatic rings. The van der Waals surface area contributed by atoms with Crippen LogP contribution in [0.3, 0.4) is 0 Å². The molecule has 11 heteroatoms. The number of allylic oxidation sites excluding steroid dienone is 1. The highest BCUT2D eigenvalue weighted by Gasteiger charge is 2.29. The Morgan fingerprint density at radius 2 is 1.98 bits per heavy atom. The lowest BCUT2D eigenvalue weighted by molar-refractivity contribution is 0.190. The first-order valence-electron chi connectivity index (χ1n) is 17.2. The molecular formula is C39H46F2N6O2S. The molecule has 264 valence electrons. The zero-order chi connectivity index (χ0) is 35.5. The van der Waals surface area contributed by atoms with Crippen LogP contribution in [0, 0.1) is 17.6 Å². The number of unbranched alkanes of at least 4 members (excludes halogenated alkanes) is 1. The van der Waals surface area contributed by atoms with Crippen molar-refractivity contribution in [3.63, 3.8) is 0 Å². The van der Waals surface area contributed by atoms with Crippen LogP contribution < -0.4 is 30.7 Å². The number of aromatic nitrogens is 2. The summed E-state index contributed by atoms with van der Waals surface area (Å²) in [7, 11) is 3.82. The minimum atomic E-state index is -0.565. The lowest BCUT2D eigenvalue weighted by Crippen LogP contribution is -2.33. The molecule has 4 N–H and O–H groups in total. The lowest BCUT2D eigenvalue weighted by atomic mass is 9.99. The van der Waals surface area contributed by atoms with Gasteiger partial charge in [0, 0.05) is 76.2 Å². The van der Waals surface area contributed by atoms with Crippen molar-refractivity contribution in [1.29, 1.82) is 0 Å². The maximum absolute atomic E-state index is 15.2. The van der Waals surface area contributed by atoms with Gasteiger partial charge in [0.2, 0.25) is 5.88 Å². The number of likely N-dealkylation sites (N-methyl/N-ethyl adjacent to an activating group) is 1. The summed E-state index contributed by atoms with van der Waals surface area (Å²) in [5.74, 6) is 0.115. The Hall–Kier alpha value is -4.48. The van der Waals surface area contributed by atoms with Gasteiger partial charge < -0.3 is 20.9 Å². The van der Waals surface area contributed by atoms with E-state index in [0.29, 0.717) is 64.3 Å². The molecule has 2 aromatic carbocycles. The van der Waals surface area contributed by atoms with E-state index in [9.17, 15) is 4.39 Å². The van der Waals surface area contributed by atoms with Crippen molar-refractivity contribution >= 4 is 34.5 Å². The SMILES string of the molecule is CN=Cc1cc(/C(N)=c2\ccs\c2=C2/c3c(F)cc(F)cc3CC2C)c(OC/C=C/CCCC(C)Oc2cc3n(n2)CCN(C)C3C)cc1N. The summed E-state index contributed by atoms with van der Waals surface area (Å²) in [5, 5.41) is 7.37. The average molecular weight is 701 g/mol. The van der Waals surface area contributed by atoms with Crippen LogP contribution in [0.5, 0.6) is 11.6 Å². The number of nitrogen functional groups attached to an aromatic ring is 1. The van der Waals surface area contributed by atoms with E-state index in [4.69, 9.17) is 20.9 Å². The number of anilines is 1. The topological polar surface area (TPSA) is 104 Å². The van der Waals surface area contributed by atoms with E-state index in [1.54, 1.807) is 19.3 Å². The van der Waals surface area contributed by atoms with Crippen LogP contribution in [0.15, 0.2) is 58.9 Å². The maximum atomic E-state index is 15.2. The minimum absolute atomic E-state index is 0.00157. The molecular weight excluding hydrogens is 655 g/mol. The predicted octanol–water partition coefficient (Wildman–Crippen LogP) is 5.94. The van der Waals surface area contributed by atoms with Crippen LogP contribution in [0.1, 0.15) is 74.0 Å². The number of aliphatic imine (C=N–C) groups is 1. The quantitative estimate of drug-likeness (QED) is 0.0870. The van der Waals surface area contributed by atoms with Gasteiger partial charge >= 0.3 is 0 Å². The fourth-order valence-electron chi connectivity index (χ4n) is 6.94. The van der Waals surface area contributed by atoms with Gasteiger partial charge in [-0.25, -0.2) is 8.78 Å². The number of fused-ring (bicyclic) bond motifs is 2. The number of halogens is 2. The van der Waals surface area contributed by atoms with E-state index in [1.165, 1.54) is 23.1 Å². The molecule has 4 aromatic rings. The van der Waals surface area contributed by atoms with E-state index >= 15 is 4.39 Å². The molecule has 0 spiro atoms. The molecule has 3 heterocycles. The van der Waals surface area contributed by atoms with Crippen LogP contribution in [0.2, 0.25) is 0 Å². The molecule has 8 nitrogen and oxygen atoms in total. The molecule has 0 fully saturated rings. The summed E-state index contributed by atoms with van der Waals surface area (Å²) in [6.07, 6.45) is 9.15. The normalized spacial score (nSPS) is 20.0. The molecule has 0 saturated heterocycles. The largest absolute Gasteiger partial charge is 0.489 e. The van der Waals surface area contributed by atoms with E-state index in [-0.39, 0.29) is 12.0 Å². The maximum Gasteiger partial charge on any atom is 0.233 e. The fourth-order valence-corrected chi connectivity index (χ4v) is 8.01. The number of nitrogens with two attached hydrogens (primary N) is 2. The first-order valence-corrected chi connectivity index (χ1v) is 18.1. The van der Waals surface area contributed by atoms with Crippen molar-refractivity contribution in [3.8, 4) is 11.6 Å². The average Bonchev–Trinajstić information content (AvgIpc) is 3.80. The van der Waals surface area contributed by atoms with E-state index in [0.717, 1.165) is 53.7 Å². The van der Waals surface area contributed by atoms with Gasteiger partial charge in [-0.15, -0.1) is 16.4 Å². The molecule has 0 radical (unpaired) electrons. The number of hydrogen-bond acceptors (Lipinski definition) is 8.